The molecule has 0 unspecified atom stereocenters. The summed E-state index contributed by atoms with van der Waals surface area (Å²) in [7, 11) is 0. The van der Waals surface area contributed by atoms with Crippen molar-refractivity contribution in [1.82, 2.24) is 0 Å². The molecule has 0 aromatic heterocycles. The van der Waals surface area contributed by atoms with Gasteiger partial charge in [0.2, 0.25) is 0 Å². The molecule has 0 saturated heterocycles. The summed E-state index contributed by atoms with van der Waals surface area (Å²) in [6.07, 6.45) is -4.47. The number of halogens is 3. The van der Waals surface area contributed by atoms with Gasteiger partial charge in [-0.15, -0.1) is 0 Å². The maximum atomic E-state index is 12.9. The van der Waals surface area contributed by atoms with Crippen molar-refractivity contribution in [2.24, 2.45) is 0 Å². The van der Waals surface area contributed by atoms with Crippen LogP contribution in [0.25, 0.3) is 11.1 Å². The van der Waals surface area contributed by atoms with Gasteiger partial charge < -0.3 is 11.5 Å². The predicted octanol–water partition coefficient (Wildman–Crippen LogP) is 3.54. The molecule has 0 fully saturated rings. The third kappa shape index (κ3) is 2.25. The van der Waals surface area contributed by atoms with E-state index in [0.29, 0.717) is 5.56 Å². The Morgan fingerprint density at radius 3 is 1.94 bits per heavy atom. The van der Waals surface area contributed by atoms with Crippen LogP contribution in [-0.2, 0) is 6.18 Å². The van der Waals surface area contributed by atoms with E-state index in [2.05, 4.69) is 0 Å². The van der Waals surface area contributed by atoms with E-state index in [-0.39, 0.29) is 16.9 Å². The lowest BCUT2D eigenvalue weighted by atomic mass is 9.98. The van der Waals surface area contributed by atoms with Crippen LogP contribution in [0, 0.1) is 0 Å². The van der Waals surface area contributed by atoms with Crippen molar-refractivity contribution in [3.8, 4) is 11.1 Å². The van der Waals surface area contributed by atoms with Crippen molar-refractivity contribution in [2.75, 3.05) is 11.5 Å². The van der Waals surface area contributed by atoms with E-state index >= 15 is 0 Å². The van der Waals surface area contributed by atoms with Crippen LogP contribution in [0.3, 0.4) is 0 Å². The molecule has 0 atom stereocenters. The lowest BCUT2D eigenvalue weighted by Gasteiger charge is -2.15. The SMILES string of the molecule is Nc1cc(-c2ccccc2)c(C(F)(F)F)cc1N. The fourth-order valence-electron chi connectivity index (χ4n) is 1.72. The number of hydrogen-bond donors (Lipinski definition) is 2. The number of nitrogens with two attached hydrogens (primary N) is 2. The number of nitrogen functional groups attached to an aromatic ring is 2. The maximum Gasteiger partial charge on any atom is 0.417 e. The van der Waals surface area contributed by atoms with E-state index in [9.17, 15) is 13.2 Å². The highest BCUT2D eigenvalue weighted by atomic mass is 19.4. The number of hydrogen-bond acceptors (Lipinski definition) is 2. The van der Waals surface area contributed by atoms with Crippen LogP contribution in [0.5, 0.6) is 0 Å². The van der Waals surface area contributed by atoms with Gasteiger partial charge in [0.15, 0.2) is 0 Å². The molecular formula is C13H11F3N2. The molecule has 4 N–H and O–H groups in total. The first-order valence-corrected chi connectivity index (χ1v) is 5.21. The molecule has 2 nitrogen and oxygen atoms in total. The van der Waals surface area contributed by atoms with Crippen LogP contribution in [-0.4, -0.2) is 0 Å². The second-order valence-corrected chi connectivity index (χ2v) is 3.89. The molecule has 2 aromatic carbocycles. The normalized spacial score (nSPS) is 11.5. The Labute approximate surface area is 102 Å². The fourth-order valence-corrected chi connectivity index (χ4v) is 1.72. The molecule has 0 saturated carbocycles. The van der Waals surface area contributed by atoms with E-state index in [1.54, 1.807) is 30.3 Å². The number of alkyl halides is 3. The first kappa shape index (κ1) is 12.3. The molecular weight excluding hydrogens is 241 g/mol. The van der Waals surface area contributed by atoms with Gasteiger partial charge in [-0.3, -0.25) is 0 Å². The van der Waals surface area contributed by atoms with Gasteiger partial charge in [-0.05, 0) is 23.3 Å². The van der Waals surface area contributed by atoms with Crippen LogP contribution in [0.15, 0.2) is 42.5 Å². The first-order chi connectivity index (χ1) is 8.39. The highest BCUT2D eigenvalue weighted by Gasteiger charge is 2.34. The second-order valence-electron chi connectivity index (χ2n) is 3.89. The zero-order chi connectivity index (χ0) is 13.3. The molecule has 2 rings (SSSR count). The Bertz CT molecular complexity index is 562. The fraction of sp³-hybridized carbons (Fsp3) is 0.0769. The molecule has 0 aliphatic carbocycles. The number of benzene rings is 2. The van der Waals surface area contributed by atoms with Gasteiger partial charge in [-0.25, -0.2) is 0 Å². The molecule has 5 heteroatoms. The summed E-state index contributed by atoms with van der Waals surface area (Å²) in [6.45, 7) is 0. The number of rotatable bonds is 1. The summed E-state index contributed by atoms with van der Waals surface area (Å²) in [5, 5.41) is 0. The Morgan fingerprint density at radius 1 is 0.833 bits per heavy atom. The predicted molar refractivity (Wildman–Crippen MR) is 65.7 cm³/mol. The van der Waals surface area contributed by atoms with Gasteiger partial charge in [0.05, 0.1) is 16.9 Å². The molecule has 0 aliphatic rings. The quantitative estimate of drug-likeness (QED) is 0.763. The van der Waals surface area contributed by atoms with Gasteiger partial charge in [-0.2, -0.15) is 13.2 Å². The van der Waals surface area contributed by atoms with E-state index < -0.39 is 11.7 Å². The van der Waals surface area contributed by atoms with Crippen molar-refractivity contribution in [3.63, 3.8) is 0 Å². The number of anilines is 2. The largest absolute Gasteiger partial charge is 0.417 e. The molecule has 0 radical (unpaired) electrons. The summed E-state index contributed by atoms with van der Waals surface area (Å²) >= 11 is 0. The Morgan fingerprint density at radius 2 is 1.39 bits per heavy atom. The third-order valence-electron chi connectivity index (χ3n) is 2.61. The van der Waals surface area contributed by atoms with Crippen LogP contribution in [0.1, 0.15) is 5.56 Å². The van der Waals surface area contributed by atoms with Crippen molar-refractivity contribution in [2.45, 2.75) is 6.18 Å². The molecule has 0 spiro atoms. The van der Waals surface area contributed by atoms with Crippen molar-refractivity contribution < 1.29 is 13.2 Å². The second kappa shape index (κ2) is 4.25. The molecule has 94 valence electrons. The van der Waals surface area contributed by atoms with E-state index in [1.165, 1.54) is 6.07 Å². The summed E-state index contributed by atoms with van der Waals surface area (Å²) < 4.78 is 38.8. The lowest BCUT2D eigenvalue weighted by molar-refractivity contribution is -0.137. The molecule has 18 heavy (non-hydrogen) atoms. The van der Waals surface area contributed by atoms with E-state index in [4.69, 9.17) is 11.5 Å². The van der Waals surface area contributed by atoms with Gasteiger partial charge in [-0.1, -0.05) is 30.3 Å². The standard InChI is InChI=1S/C13H11F3N2/c14-13(15,16)10-7-12(18)11(17)6-9(10)8-4-2-1-3-5-8/h1-7H,17-18H2. The highest BCUT2D eigenvalue weighted by Crippen LogP contribution is 2.39. The monoisotopic (exact) mass is 252 g/mol. The van der Waals surface area contributed by atoms with Gasteiger partial charge in [0.1, 0.15) is 0 Å². The molecule has 0 heterocycles. The lowest BCUT2D eigenvalue weighted by Crippen LogP contribution is -2.09. The molecule has 0 bridgehead atoms. The van der Waals surface area contributed by atoms with E-state index in [1.807, 2.05) is 0 Å². The van der Waals surface area contributed by atoms with Crippen LogP contribution in [0.4, 0.5) is 24.5 Å². The zero-order valence-electron chi connectivity index (χ0n) is 9.33. The van der Waals surface area contributed by atoms with E-state index in [0.717, 1.165) is 6.07 Å². The molecule has 2 aromatic rings. The van der Waals surface area contributed by atoms with Crippen LogP contribution in [0.2, 0.25) is 0 Å². The topological polar surface area (TPSA) is 52.0 Å². The van der Waals surface area contributed by atoms with Crippen molar-refractivity contribution in [1.29, 1.82) is 0 Å². The average Bonchev–Trinajstić information content (AvgIpc) is 2.32. The minimum absolute atomic E-state index is 0.0369. The maximum absolute atomic E-state index is 12.9. The Balaban J connectivity index is 2.70. The molecule has 0 aliphatic heterocycles. The summed E-state index contributed by atoms with van der Waals surface area (Å²) in [4.78, 5) is 0. The van der Waals surface area contributed by atoms with Gasteiger partial charge >= 0.3 is 6.18 Å². The Kier molecular flexibility index (Phi) is 2.90. The summed E-state index contributed by atoms with van der Waals surface area (Å²) in [5.74, 6) is 0. The zero-order valence-corrected chi connectivity index (χ0v) is 9.33. The molecule has 0 amide bonds. The Hall–Kier alpha value is -2.17. The minimum atomic E-state index is -4.47. The highest BCUT2D eigenvalue weighted by molar-refractivity contribution is 5.78. The third-order valence-corrected chi connectivity index (χ3v) is 2.61. The van der Waals surface area contributed by atoms with Crippen molar-refractivity contribution >= 4 is 11.4 Å². The van der Waals surface area contributed by atoms with Gasteiger partial charge in [0, 0.05) is 0 Å². The summed E-state index contributed by atoms with van der Waals surface area (Å²) in [5.41, 5.74) is 10.8. The average molecular weight is 252 g/mol. The van der Waals surface area contributed by atoms with Crippen LogP contribution >= 0.6 is 0 Å². The smallest absolute Gasteiger partial charge is 0.397 e. The van der Waals surface area contributed by atoms with Crippen LogP contribution < -0.4 is 11.5 Å². The summed E-state index contributed by atoms with van der Waals surface area (Å²) in [6, 6.07) is 10.4. The van der Waals surface area contributed by atoms with Gasteiger partial charge in [0.25, 0.3) is 0 Å². The minimum Gasteiger partial charge on any atom is -0.397 e. The van der Waals surface area contributed by atoms with Crippen molar-refractivity contribution in [3.05, 3.63) is 48.0 Å². The first-order valence-electron chi connectivity index (χ1n) is 5.21.